The fourth-order valence-electron chi connectivity index (χ4n) is 3.36. The summed E-state index contributed by atoms with van der Waals surface area (Å²) >= 11 is 12.0. The molecule has 0 saturated carbocycles. The van der Waals surface area contributed by atoms with E-state index in [1.54, 1.807) is 6.92 Å². The van der Waals surface area contributed by atoms with Gasteiger partial charge in [-0.05, 0) is 25.1 Å². The Bertz CT molecular complexity index is 1190. The van der Waals surface area contributed by atoms with Crippen molar-refractivity contribution in [2.45, 2.75) is 31.5 Å². The molecule has 4 N–H and O–H groups in total. The summed E-state index contributed by atoms with van der Waals surface area (Å²) in [5, 5.41) is 26.4. The first kappa shape index (κ1) is 22.4. The van der Waals surface area contributed by atoms with Gasteiger partial charge in [-0.2, -0.15) is 0 Å². The van der Waals surface area contributed by atoms with Crippen molar-refractivity contribution in [1.29, 1.82) is 0 Å². The van der Waals surface area contributed by atoms with Gasteiger partial charge in [0.1, 0.15) is 18.5 Å². The molecule has 0 aliphatic carbocycles. The normalized spacial score (nSPS) is 22.8. The zero-order valence-electron chi connectivity index (χ0n) is 16.6. The number of hydrogen-bond acceptors (Lipinski definition) is 8. The number of benzene rings is 1. The van der Waals surface area contributed by atoms with Gasteiger partial charge in [-0.1, -0.05) is 23.2 Å². The second-order valence-electron chi connectivity index (χ2n) is 6.95. The number of anilines is 1. The van der Waals surface area contributed by atoms with Crippen LogP contribution in [0.15, 0.2) is 30.9 Å². The van der Waals surface area contributed by atoms with Crippen molar-refractivity contribution in [3.05, 3.63) is 46.5 Å². The molecule has 1 fully saturated rings. The van der Waals surface area contributed by atoms with Crippen LogP contribution in [0.4, 0.5) is 5.82 Å². The smallest absolute Gasteiger partial charge is 0.258 e. The van der Waals surface area contributed by atoms with Crippen LogP contribution in [0.2, 0.25) is 10.0 Å². The van der Waals surface area contributed by atoms with E-state index in [1.807, 2.05) is 0 Å². The van der Waals surface area contributed by atoms with Crippen LogP contribution in [0.1, 0.15) is 23.5 Å². The number of aliphatic hydroxyl groups is 2. The molecule has 0 radical (unpaired) electrons. The van der Waals surface area contributed by atoms with Gasteiger partial charge in [0.15, 0.2) is 29.3 Å². The van der Waals surface area contributed by atoms with Crippen molar-refractivity contribution in [2.24, 2.45) is 0 Å². The molecule has 1 aliphatic heterocycles. The molecule has 4 unspecified atom stereocenters. The predicted octanol–water partition coefficient (Wildman–Crippen LogP) is 1.14. The predicted molar refractivity (Wildman–Crippen MR) is 114 cm³/mol. The largest absolute Gasteiger partial charge is 0.387 e. The third kappa shape index (κ3) is 4.00. The first-order valence-electron chi connectivity index (χ1n) is 9.55. The maximum Gasteiger partial charge on any atom is 0.258 e. The molecule has 3 aromatic rings. The number of hydrogen-bond donors (Lipinski definition) is 4. The van der Waals surface area contributed by atoms with Crippen LogP contribution in [0.25, 0.3) is 11.2 Å². The lowest BCUT2D eigenvalue weighted by molar-refractivity contribution is -0.137. The molecule has 1 aliphatic rings. The highest BCUT2D eigenvalue weighted by molar-refractivity contribution is 6.37. The van der Waals surface area contributed by atoms with Crippen LogP contribution in [0.3, 0.4) is 0 Å². The molecule has 0 bridgehead atoms. The van der Waals surface area contributed by atoms with E-state index in [1.165, 1.54) is 35.4 Å². The number of rotatable bonds is 5. The molecule has 2 amide bonds. The summed E-state index contributed by atoms with van der Waals surface area (Å²) in [6.07, 6.45) is -2.76. The van der Waals surface area contributed by atoms with E-state index in [9.17, 15) is 19.8 Å². The first-order valence-corrected chi connectivity index (χ1v) is 10.3. The Morgan fingerprint density at radius 3 is 2.69 bits per heavy atom. The molecule has 0 spiro atoms. The summed E-state index contributed by atoms with van der Waals surface area (Å²) in [6.45, 7) is 2.06. The lowest BCUT2D eigenvalue weighted by Gasteiger charge is -2.16. The fourth-order valence-corrected chi connectivity index (χ4v) is 3.85. The minimum atomic E-state index is -1.45. The molecular weight excluding hydrogens is 463 g/mol. The molecule has 1 saturated heterocycles. The number of nitrogens with one attached hydrogen (secondary N) is 2. The lowest BCUT2D eigenvalue weighted by Crippen LogP contribution is -2.42. The summed E-state index contributed by atoms with van der Waals surface area (Å²) in [5.41, 5.74) is 0.604. The van der Waals surface area contributed by atoms with Gasteiger partial charge >= 0.3 is 0 Å². The molecule has 13 heteroatoms. The van der Waals surface area contributed by atoms with Gasteiger partial charge in [0.05, 0.1) is 16.9 Å². The second-order valence-corrected chi connectivity index (χ2v) is 7.79. The van der Waals surface area contributed by atoms with E-state index in [0.29, 0.717) is 11.6 Å². The van der Waals surface area contributed by atoms with Gasteiger partial charge in [0.25, 0.3) is 11.8 Å². The SMILES string of the molecule is CCNC(=O)C1OC(n2cnc3c(NC(=O)c4ccc(Cl)cc4Cl)ncnc32)C(O)C1O. The summed E-state index contributed by atoms with van der Waals surface area (Å²) < 4.78 is 6.96. The quantitative estimate of drug-likeness (QED) is 0.424. The molecule has 4 atom stereocenters. The van der Waals surface area contributed by atoms with E-state index in [-0.39, 0.29) is 27.6 Å². The van der Waals surface area contributed by atoms with Gasteiger partial charge < -0.3 is 25.6 Å². The Labute approximate surface area is 191 Å². The van der Waals surface area contributed by atoms with Gasteiger partial charge in [0.2, 0.25) is 0 Å². The number of fused-ring (bicyclic) bond motifs is 1. The third-order valence-corrected chi connectivity index (χ3v) is 5.44. The summed E-state index contributed by atoms with van der Waals surface area (Å²) in [7, 11) is 0. The highest BCUT2D eigenvalue weighted by atomic mass is 35.5. The average Bonchev–Trinajstić information content (AvgIpc) is 3.30. The number of nitrogens with zero attached hydrogens (tertiary/aromatic N) is 4. The molecular formula is C19H18Cl2N6O5. The van der Waals surface area contributed by atoms with Crippen LogP contribution in [-0.4, -0.2) is 66.4 Å². The number of ether oxygens (including phenoxy) is 1. The van der Waals surface area contributed by atoms with E-state index < -0.39 is 36.4 Å². The zero-order valence-corrected chi connectivity index (χ0v) is 18.1. The van der Waals surface area contributed by atoms with Gasteiger partial charge in [-0.25, -0.2) is 15.0 Å². The highest BCUT2D eigenvalue weighted by Crippen LogP contribution is 2.32. The lowest BCUT2D eigenvalue weighted by atomic mass is 10.1. The minimum absolute atomic E-state index is 0.0954. The van der Waals surface area contributed by atoms with Crippen molar-refractivity contribution < 1.29 is 24.5 Å². The van der Waals surface area contributed by atoms with Crippen molar-refractivity contribution >= 4 is 52.0 Å². The maximum atomic E-state index is 12.7. The second kappa shape index (κ2) is 8.96. The van der Waals surface area contributed by atoms with Gasteiger partial charge in [-0.15, -0.1) is 0 Å². The highest BCUT2D eigenvalue weighted by Gasteiger charge is 2.47. The van der Waals surface area contributed by atoms with Crippen LogP contribution in [-0.2, 0) is 9.53 Å². The number of aromatic nitrogens is 4. The Kier molecular flexibility index (Phi) is 6.26. The molecule has 2 aromatic heterocycles. The summed E-state index contributed by atoms with van der Waals surface area (Å²) in [5.74, 6) is -0.989. The Morgan fingerprint density at radius 2 is 1.97 bits per heavy atom. The standard InChI is InChI=1S/C19H18Cl2N6O5/c1-2-22-18(31)14-12(28)13(29)19(32-14)27-7-25-11-15(23-6-24-16(11)27)26-17(30)9-4-3-8(20)5-10(9)21/h3-7,12-14,19,28-29H,2H2,1H3,(H,22,31)(H,23,24,26,30). The summed E-state index contributed by atoms with van der Waals surface area (Å²) in [4.78, 5) is 37.2. The van der Waals surface area contributed by atoms with Gasteiger partial charge in [-0.3, -0.25) is 14.2 Å². The van der Waals surface area contributed by atoms with Crippen molar-refractivity contribution in [2.75, 3.05) is 11.9 Å². The number of carbonyl (C=O) groups is 2. The van der Waals surface area contributed by atoms with Crippen molar-refractivity contribution in [3.63, 3.8) is 0 Å². The molecule has 32 heavy (non-hydrogen) atoms. The molecule has 3 heterocycles. The third-order valence-electron chi connectivity index (χ3n) is 4.89. The van der Waals surface area contributed by atoms with E-state index >= 15 is 0 Å². The Balaban J connectivity index is 1.62. The maximum absolute atomic E-state index is 12.7. The topological polar surface area (TPSA) is 151 Å². The number of imidazole rings is 1. The fraction of sp³-hybridized carbons (Fsp3) is 0.316. The van der Waals surface area contributed by atoms with Crippen molar-refractivity contribution in [3.8, 4) is 0 Å². The Morgan fingerprint density at radius 1 is 1.19 bits per heavy atom. The van der Waals surface area contributed by atoms with Crippen LogP contribution in [0, 0.1) is 0 Å². The van der Waals surface area contributed by atoms with E-state index in [4.69, 9.17) is 27.9 Å². The summed E-state index contributed by atoms with van der Waals surface area (Å²) in [6, 6.07) is 4.45. The van der Waals surface area contributed by atoms with Crippen LogP contribution < -0.4 is 10.6 Å². The zero-order chi connectivity index (χ0) is 23.0. The monoisotopic (exact) mass is 480 g/mol. The molecule has 1 aromatic carbocycles. The van der Waals surface area contributed by atoms with Crippen molar-refractivity contribution in [1.82, 2.24) is 24.8 Å². The first-order chi connectivity index (χ1) is 15.3. The van der Waals surface area contributed by atoms with Crippen LogP contribution in [0.5, 0.6) is 0 Å². The number of aliphatic hydroxyl groups excluding tert-OH is 2. The number of amides is 2. The number of likely N-dealkylation sites (N-methyl/N-ethyl adjacent to an activating group) is 1. The number of carbonyl (C=O) groups excluding carboxylic acids is 2. The van der Waals surface area contributed by atoms with Gasteiger partial charge in [0, 0.05) is 11.6 Å². The molecule has 11 nitrogen and oxygen atoms in total. The Hall–Kier alpha value is -2.83. The minimum Gasteiger partial charge on any atom is -0.387 e. The average molecular weight is 481 g/mol. The molecule has 168 valence electrons. The van der Waals surface area contributed by atoms with E-state index in [2.05, 4.69) is 25.6 Å². The molecule has 4 rings (SSSR count). The number of halogens is 2. The van der Waals surface area contributed by atoms with E-state index in [0.717, 1.165) is 0 Å². The van der Waals surface area contributed by atoms with Crippen LogP contribution >= 0.6 is 23.2 Å².